The van der Waals surface area contributed by atoms with Gasteiger partial charge in [0.15, 0.2) is 0 Å². The lowest BCUT2D eigenvalue weighted by molar-refractivity contribution is -0.137. The molecule has 8 heteroatoms. The minimum atomic E-state index is -4.38. The van der Waals surface area contributed by atoms with E-state index in [1.807, 2.05) is 19.2 Å². The lowest BCUT2D eigenvalue weighted by Gasteiger charge is -2.19. The summed E-state index contributed by atoms with van der Waals surface area (Å²) >= 11 is 0. The Hall–Kier alpha value is -2.84. The summed E-state index contributed by atoms with van der Waals surface area (Å²) < 4.78 is 38.5. The van der Waals surface area contributed by atoms with Gasteiger partial charge in [0, 0.05) is 30.2 Å². The van der Waals surface area contributed by atoms with Gasteiger partial charge in [-0.3, -0.25) is 10.2 Å². The van der Waals surface area contributed by atoms with E-state index in [4.69, 9.17) is 0 Å². The first kappa shape index (κ1) is 23.4. The molecule has 5 nitrogen and oxygen atoms in total. The molecule has 0 bridgehead atoms. The standard InChI is InChI=1S/C22H27F3N4O/c1-5-15(3)14-27-20(6-2)19-13-18(29(30)26-4)11-12-21(19)28-17-9-7-16(8-10-17)22(23,24)25/h6-15,26,28,30H,5H2,1-4H3/b20-6-,27-14?. The van der Waals surface area contributed by atoms with Gasteiger partial charge >= 0.3 is 6.18 Å². The van der Waals surface area contributed by atoms with Crippen LogP contribution >= 0.6 is 0 Å². The summed E-state index contributed by atoms with van der Waals surface area (Å²) in [7, 11) is 1.58. The molecule has 2 aromatic carbocycles. The van der Waals surface area contributed by atoms with Crippen molar-refractivity contribution in [1.29, 1.82) is 0 Å². The van der Waals surface area contributed by atoms with E-state index >= 15 is 0 Å². The van der Waals surface area contributed by atoms with E-state index in [0.717, 1.165) is 23.7 Å². The summed E-state index contributed by atoms with van der Waals surface area (Å²) in [6, 6.07) is 9.98. The van der Waals surface area contributed by atoms with Crippen LogP contribution in [-0.4, -0.2) is 18.5 Å². The minimum absolute atomic E-state index is 0.293. The van der Waals surface area contributed by atoms with Crippen molar-refractivity contribution in [2.45, 2.75) is 33.4 Å². The quantitative estimate of drug-likeness (QED) is 0.349. The first-order valence-electron chi connectivity index (χ1n) is 9.65. The molecule has 0 saturated heterocycles. The van der Waals surface area contributed by atoms with Gasteiger partial charge in [-0.15, -0.1) is 0 Å². The topological polar surface area (TPSA) is 59.9 Å². The molecule has 2 rings (SSSR count). The predicted octanol–water partition coefficient (Wildman–Crippen LogP) is 6.26. The minimum Gasteiger partial charge on any atom is -0.355 e. The second-order valence-electron chi connectivity index (χ2n) is 6.80. The molecule has 0 aliphatic heterocycles. The Morgan fingerprint density at radius 2 is 1.87 bits per heavy atom. The number of hydrogen-bond acceptors (Lipinski definition) is 5. The van der Waals surface area contributed by atoms with Crippen LogP contribution in [0.5, 0.6) is 0 Å². The maximum absolute atomic E-state index is 12.8. The van der Waals surface area contributed by atoms with Crippen molar-refractivity contribution in [2.24, 2.45) is 10.9 Å². The summed E-state index contributed by atoms with van der Waals surface area (Å²) in [5.74, 6) is 0.293. The summed E-state index contributed by atoms with van der Waals surface area (Å²) in [5.41, 5.74) is 4.93. The molecular weight excluding hydrogens is 393 g/mol. The largest absolute Gasteiger partial charge is 0.416 e. The number of rotatable bonds is 8. The highest BCUT2D eigenvalue weighted by molar-refractivity contribution is 5.84. The monoisotopic (exact) mass is 420 g/mol. The zero-order chi connectivity index (χ0) is 22.3. The van der Waals surface area contributed by atoms with Crippen LogP contribution in [0.4, 0.5) is 30.2 Å². The van der Waals surface area contributed by atoms with Crippen LogP contribution in [0.2, 0.25) is 0 Å². The Kier molecular flexibility index (Phi) is 8.02. The fraction of sp³-hybridized carbons (Fsp3) is 0.318. The molecule has 0 aromatic heterocycles. The summed E-state index contributed by atoms with van der Waals surface area (Å²) in [6.45, 7) is 5.98. The van der Waals surface area contributed by atoms with Crippen LogP contribution in [0.3, 0.4) is 0 Å². The molecule has 0 aliphatic rings. The van der Waals surface area contributed by atoms with Gasteiger partial charge in [-0.2, -0.15) is 18.3 Å². The van der Waals surface area contributed by atoms with Crippen molar-refractivity contribution < 1.29 is 18.4 Å². The van der Waals surface area contributed by atoms with E-state index in [9.17, 15) is 18.4 Å². The Morgan fingerprint density at radius 1 is 1.20 bits per heavy atom. The number of nitrogens with zero attached hydrogens (tertiary/aromatic N) is 2. The van der Waals surface area contributed by atoms with E-state index < -0.39 is 11.7 Å². The number of allylic oxidation sites excluding steroid dienone is 1. The van der Waals surface area contributed by atoms with Gasteiger partial charge in [0.25, 0.3) is 0 Å². The molecule has 30 heavy (non-hydrogen) atoms. The van der Waals surface area contributed by atoms with Gasteiger partial charge in [0.05, 0.1) is 16.9 Å². The first-order chi connectivity index (χ1) is 14.2. The summed E-state index contributed by atoms with van der Waals surface area (Å²) in [6.07, 6.45) is 0.267. The fourth-order valence-corrected chi connectivity index (χ4v) is 2.62. The zero-order valence-electron chi connectivity index (χ0n) is 17.5. The highest BCUT2D eigenvalue weighted by Crippen LogP contribution is 2.33. The van der Waals surface area contributed by atoms with Gasteiger partial charge in [0.2, 0.25) is 0 Å². The summed E-state index contributed by atoms with van der Waals surface area (Å²) in [5, 5.41) is 14.0. The second-order valence-corrected chi connectivity index (χ2v) is 6.80. The molecule has 3 N–H and O–H groups in total. The SMILES string of the molecule is C/C=C(\N=CC(C)CC)c1cc(N(O)NC)ccc1Nc1ccc(C(F)(F)F)cc1. The average Bonchev–Trinajstić information content (AvgIpc) is 2.73. The molecule has 0 amide bonds. The van der Waals surface area contributed by atoms with Gasteiger partial charge in [-0.1, -0.05) is 19.9 Å². The van der Waals surface area contributed by atoms with Crippen LogP contribution in [0.1, 0.15) is 38.3 Å². The smallest absolute Gasteiger partial charge is 0.355 e. The molecule has 0 spiro atoms. The Bertz CT molecular complexity index is 892. The van der Waals surface area contributed by atoms with E-state index in [2.05, 4.69) is 29.6 Å². The highest BCUT2D eigenvalue weighted by atomic mass is 19.4. The normalized spacial score (nSPS) is 13.5. The maximum Gasteiger partial charge on any atom is 0.416 e. The van der Waals surface area contributed by atoms with Gasteiger partial charge in [0.1, 0.15) is 0 Å². The van der Waals surface area contributed by atoms with Crippen LogP contribution in [0, 0.1) is 5.92 Å². The molecule has 162 valence electrons. The van der Waals surface area contributed by atoms with Crippen molar-refractivity contribution in [1.82, 2.24) is 5.43 Å². The van der Waals surface area contributed by atoms with Crippen molar-refractivity contribution in [3.8, 4) is 0 Å². The highest BCUT2D eigenvalue weighted by Gasteiger charge is 2.29. The van der Waals surface area contributed by atoms with E-state index in [-0.39, 0.29) is 0 Å². The number of halogens is 3. The van der Waals surface area contributed by atoms with Crippen molar-refractivity contribution in [2.75, 3.05) is 17.5 Å². The number of aliphatic imine (C=N–C) groups is 1. The molecule has 0 saturated carbocycles. The molecule has 1 unspecified atom stereocenters. The second kappa shape index (κ2) is 10.3. The average molecular weight is 420 g/mol. The van der Waals surface area contributed by atoms with Crippen LogP contribution < -0.4 is 15.9 Å². The van der Waals surface area contributed by atoms with Gasteiger partial charge < -0.3 is 5.32 Å². The predicted molar refractivity (Wildman–Crippen MR) is 116 cm³/mol. The number of anilines is 3. The summed E-state index contributed by atoms with van der Waals surface area (Å²) in [4.78, 5) is 4.58. The van der Waals surface area contributed by atoms with E-state index in [1.165, 1.54) is 12.1 Å². The van der Waals surface area contributed by atoms with Crippen molar-refractivity contribution >= 4 is 29.0 Å². The Labute approximate surface area is 174 Å². The first-order valence-corrected chi connectivity index (χ1v) is 9.65. The number of hydrazine groups is 1. The lowest BCUT2D eigenvalue weighted by atomic mass is 10.1. The third-order valence-corrected chi connectivity index (χ3v) is 4.61. The molecule has 0 heterocycles. The van der Waals surface area contributed by atoms with Crippen molar-refractivity contribution in [3.63, 3.8) is 0 Å². The number of hydrogen-bond donors (Lipinski definition) is 3. The molecule has 1 atom stereocenters. The molecule has 0 fully saturated rings. The molecule has 0 radical (unpaired) electrons. The van der Waals surface area contributed by atoms with Crippen LogP contribution in [0.15, 0.2) is 53.5 Å². The zero-order valence-corrected chi connectivity index (χ0v) is 17.5. The third kappa shape index (κ3) is 6.08. The number of alkyl halides is 3. The maximum atomic E-state index is 12.8. The third-order valence-electron chi connectivity index (χ3n) is 4.61. The number of benzene rings is 2. The van der Waals surface area contributed by atoms with E-state index in [1.54, 1.807) is 25.2 Å². The molecular formula is C22H27F3N4O. The fourth-order valence-electron chi connectivity index (χ4n) is 2.62. The number of nitrogens with one attached hydrogen (secondary N) is 2. The lowest BCUT2D eigenvalue weighted by Crippen LogP contribution is -2.31. The molecule has 2 aromatic rings. The Balaban J connectivity index is 2.44. The van der Waals surface area contributed by atoms with Gasteiger partial charge in [-0.05, 0) is 61.7 Å². The van der Waals surface area contributed by atoms with Crippen LogP contribution in [0.25, 0.3) is 5.70 Å². The van der Waals surface area contributed by atoms with Crippen molar-refractivity contribution in [3.05, 3.63) is 59.7 Å². The van der Waals surface area contributed by atoms with Gasteiger partial charge in [-0.25, -0.2) is 5.43 Å². The van der Waals surface area contributed by atoms with Crippen LogP contribution in [-0.2, 0) is 6.18 Å². The van der Waals surface area contributed by atoms with E-state index in [0.29, 0.717) is 34.2 Å². The Morgan fingerprint density at radius 3 is 2.40 bits per heavy atom. The molecule has 0 aliphatic carbocycles.